The largest absolute Gasteiger partial charge is 0.454 e. The summed E-state index contributed by atoms with van der Waals surface area (Å²) in [4.78, 5) is 2.37. The zero-order valence-corrected chi connectivity index (χ0v) is 28.9. The van der Waals surface area contributed by atoms with Crippen LogP contribution in [0.15, 0.2) is 188 Å². The zero-order chi connectivity index (χ0) is 34.9. The van der Waals surface area contributed by atoms with Gasteiger partial charge in [-0.2, -0.15) is 0 Å². The molecule has 0 saturated carbocycles. The van der Waals surface area contributed by atoms with E-state index in [1.54, 1.807) is 0 Å². The molecule has 0 fully saturated rings. The average molecular weight is 676 g/mol. The van der Waals surface area contributed by atoms with Crippen LogP contribution in [0, 0.1) is 0 Å². The van der Waals surface area contributed by atoms with Crippen LogP contribution in [0.1, 0.15) is 33.4 Å². The van der Waals surface area contributed by atoms with E-state index >= 15 is 0 Å². The number of anilines is 3. The van der Waals surface area contributed by atoms with Crippen molar-refractivity contribution in [3.05, 3.63) is 221 Å². The van der Waals surface area contributed by atoms with Gasteiger partial charge in [-0.15, -0.1) is 0 Å². The Kier molecular flexibility index (Phi) is 6.50. The first-order valence-electron chi connectivity index (χ1n) is 18.3. The van der Waals surface area contributed by atoms with Crippen LogP contribution in [0.4, 0.5) is 17.1 Å². The molecule has 0 saturated heterocycles. The van der Waals surface area contributed by atoms with E-state index in [9.17, 15) is 0 Å². The van der Waals surface area contributed by atoms with Crippen LogP contribution in [0.2, 0.25) is 0 Å². The fraction of sp³-hybridized carbons (Fsp3) is 0.0196. The van der Waals surface area contributed by atoms with Crippen LogP contribution in [0.25, 0.3) is 45.5 Å². The Labute approximate surface area is 309 Å². The maximum absolute atomic E-state index is 7.05. The molecule has 0 amide bonds. The Morgan fingerprint density at radius 2 is 0.906 bits per heavy atom. The van der Waals surface area contributed by atoms with E-state index in [1.165, 1.54) is 50.1 Å². The van der Waals surface area contributed by atoms with Crippen LogP contribution < -0.4 is 9.64 Å². The van der Waals surface area contributed by atoms with Gasteiger partial charge < -0.3 is 9.64 Å². The lowest BCUT2D eigenvalue weighted by molar-refractivity contribution is 0.489. The molecule has 248 valence electrons. The Hall–Kier alpha value is -6.90. The van der Waals surface area contributed by atoms with Gasteiger partial charge in [0, 0.05) is 22.5 Å². The van der Waals surface area contributed by atoms with Gasteiger partial charge in [0.25, 0.3) is 0 Å². The predicted molar refractivity (Wildman–Crippen MR) is 218 cm³/mol. The monoisotopic (exact) mass is 675 g/mol. The molecule has 8 aromatic carbocycles. The summed E-state index contributed by atoms with van der Waals surface area (Å²) >= 11 is 0. The lowest BCUT2D eigenvalue weighted by Gasteiger charge is -2.36. The van der Waals surface area contributed by atoms with Crippen LogP contribution in [-0.2, 0) is 5.41 Å². The van der Waals surface area contributed by atoms with E-state index in [0.29, 0.717) is 0 Å². The number of benzene rings is 8. The maximum Gasteiger partial charge on any atom is 0.159 e. The van der Waals surface area contributed by atoms with E-state index in [4.69, 9.17) is 4.74 Å². The summed E-state index contributed by atoms with van der Waals surface area (Å²) in [7, 11) is 0. The second-order valence-electron chi connectivity index (χ2n) is 14.0. The highest BCUT2D eigenvalue weighted by Gasteiger charge is 2.48. The number of hydrogen-bond acceptors (Lipinski definition) is 2. The fourth-order valence-corrected chi connectivity index (χ4v) is 9.14. The molecule has 2 heteroatoms. The van der Waals surface area contributed by atoms with Crippen LogP contribution >= 0.6 is 0 Å². The molecule has 0 aromatic heterocycles. The number of rotatable bonds is 3. The number of hydrogen-bond donors (Lipinski definition) is 0. The van der Waals surface area contributed by atoms with Crippen molar-refractivity contribution in [2.45, 2.75) is 5.41 Å². The SMILES string of the molecule is C1=Cc2ccccc2C2(c3ccccc31)c1ccccc1-c1ccc(N(c3ccccc3)c3cccc4c3Oc3ccccc3-c3ccccc3-4)cc12. The third-order valence-electron chi connectivity index (χ3n) is 11.3. The lowest BCUT2D eigenvalue weighted by Crippen LogP contribution is -2.30. The molecule has 11 rings (SSSR count). The summed E-state index contributed by atoms with van der Waals surface area (Å²) in [6.45, 7) is 0. The highest BCUT2D eigenvalue weighted by Crippen LogP contribution is 2.60. The molecule has 8 aromatic rings. The van der Waals surface area contributed by atoms with Crippen molar-refractivity contribution in [3.63, 3.8) is 0 Å². The molecular weight excluding hydrogens is 643 g/mol. The van der Waals surface area contributed by atoms with Crippen LogP contribution in [-0.4, -0.2) is 0 Å². The van der Waals surface area contributed by atoms with E-state index in [-0.39, 0.29) is 0 Å². The van der Waals surface area contributed by atoms with Gasteiger partial charge in [0.1, 0.15) is 5.75 Å². The third-order valence-corrected chi connectivity index (χ3v) is 11.3. The molecule has 0 unspecified atom stereocenters. The van der Waals surface area contributed by atoms with Gasteiger partial charge in [-0.05, 0) is 92.0 Å². The summed E-state index contributed by atoms with van der Waals surface area (Å²) in [5.74, 6) is 1.68. The minimum Gasteiger partial charge on any atom is -0.454 e. The molecule has 1 aliphatic heterocycles. The lowest BCUT2D eigenvalue weighted by atomic mass is 9.66. The molecule has 53 heavy (non-hydrogen) atoms. The molecule has 2 aliphatic carbocycles. The predicted octanol–water partition coefficient (Wildman–Crippen LogP) is 13.4. The normalized spacial score (nSPS) is 13.5. The van der Waals surface area contributed by atoms with Gasteiger partial charge >= 0.3 is 0 Å². The number of nitrogens with zero attached hydrogens (tertiary/aromatic N) is 1. The first-order valence-corrected chi connectivity index (χ1v) is 18.3. The van der Waals surface area contributed by atoms with E-state index in [2.05, 4.69) is 205 Å². The van der Waals surface area contributed by atoms with Crippen molar-refractivity contribution < 1.29 is 4.74 Å². The van der Waals surface area contributed by atoms with Gasteiger partial charge in [-0.3, -0.25) is 0 Å². The second-order valence-corrected chi connectivity index (χ2v) is 14.0. The van der Waals surface area contributed by atoms with E-state index in [1.807, 2.05) is 0 Å². The summed E-state index contributed by atoms with van der Waals surface area (Å²) in [5.41, 5.74) is 17.2. The zero-order valence-electron chi connectivity index (χ0n) is 28.9. The Bertz CT molecular complexity index is 2730. The molecule has 0 bridgehead atoms. The van der Waals surface area contributed by atoms with Gasteiger partial charge in [0.2, 0.25) is 0 Å². The quantitative estimate of drug-likeness (QED) is 0.185. The fourth-order valence-electron chi connectivity index (χ4n) is 9.14. The Morgan fingerprint density at radius 1 is 0.358 bits per heavy atom. The number of fused-ring (bicyclic) bond motifs is 14. The van der Waals surface area contributed by atoms with E-state index < -0.39 is 5.41 Å². The standard InChI is InChI=1S/C51H33NO/c1-2-17-36(18-3-1)52(48-27-14-23-43-39-20-7-6-19-38(39)42-22-9-13-28-49(42)53-50(43)48)37-31-32-41-40-21-8-12-26-46(40)51(47(41)33-37)44-24-10-4-15-34(44)29-30-35-16-5-11-25-45(35)51/h1-33H. The maximum atomic E-state index is 7.05. The minimum atomic E-state index is -0.525. The molecule has 0 N–H and O–H groups in total. The highest BCUT2D eigenvalue weighted by atomic mass is 16.5. The van der Waals surface area contributed by atoms with Crippen molar-refractivity contribution in [2.75, 3.05) is 4.90 Å². The van der Waals surface area contributed by atoms with Crippen molar-refractivity contribution in [2.24, 2.45) is 0 Å². The van der Waals surface area contributed by atoms with Crippen LogP contribution in [0.3, 0.4) is 0 Å². The summed E-state index contributed by atoms with van der Waals surface area (Å²) in [5, 5.41) is 0. The van der Waals surface area contributed by atoms with Gasteiger partial charge in [0.05, 0.1) is 11.1 Å². The Morgan fingerprint density at radius 3 is 1.64 bits per heavy atom. The number of ether oxygens (including phenoxy) is 1. The molecular formula is C51H33NO. The van der Waals surface area contributed by atoms with Gasteiger partial charge in [-0.25, -0.2) is 0 Å². The molecule has 3 aliphatic rings. The van der Waals surface area contributed by atoms with E-state index in [0.717, 1.165) is 45.3 Å². The first kappa shape index (κ1) is 29.8. The smallest absolute Gasteiger partial charge is 0.159 e. The molecule has 0 atom stereocenters. The second kappa shape index (κ2) is 11.6. The van der Waals surface area contributed by atoms with Crippen molar-refractivity contribution in [1.29, 1.82) is 0 Å². The van der Waals surface area contributed by atoms with Crippen molar-refractivity contribution >= 4 is 29.2 Å². The summed E-state index contributed by atoms with van der Waals surface area (Å²) in [6.07, 6.45) is 4.58. The van der Waals surface area contributed by atoms with Gasteiger partial charge in [0.15, 0.2) is 5.75 Å². The van der Waals surface area contributed by atoms with Gasteiger partial charge in [-0.1, -0.05) is 164 Å². The average Bonchev–Trinajstić information content (AvgIpc) is 3.31. The Balaban J connectivity index is 1.21. The molecule has 2 nitrogen and oxygen atoms in total. The molecule has 0 radical (unpaired) electrons. The molecule has 1 heterocycles. The minimum absolute atomic E-state index is 0.525. The topological polar surface area (TPSA) is 12.5 Å². The third kappa shape index (κ3) is 4.27. The van der Waals surface area contributed by atoms with Crippen molar-refractivity contribution in [1.82, 2.24) is 0 Å². The number of para-hydroxylation sites is 3. The highest BCUT2D eigenvalue weighted by molar-refractivity contribution is 5.97. The van der Waals surface area contributed by atoms with Crippen LogP contribution in [0.5, 0.6) is 11.5 Å². The first-order chi connectivity index (χ1) is 26.3. The van der Waals surface area contributed by atoms with Crippen molar-refractivity contribution in [3.8, 4) is 44.9 Å². The molecule has 1 spiro atoms. The summed E-state index contributed by atoms with van der Waals surface area (Å²) < 4.78 is 7.05. The summed E-state index contributed by atoms with van der Waals surface area (Å²) in [6, 6.07) is 68.2.